The topological polar surface area (TPSA) is 60.2 Å². The molecule has 2 N–H and O–H groups in total. The minimum Gasteiger partial charge on any atom is -0.327 e. The molecular weight excluding hydrogens is 234 g/mol. The first kappa shape index (κ1) is 14.2. The van der Waals surface area contributed by atoms with Gasteiger partial charge in [-0.3, -0.25) is 0 Å². The highest BCUT2D eigenvalue weighted by Crippen LogP contribution is 2.22. The van der Waals surface area contributed by atoms with Crippen molar-refractivity contribution in [1.82, 2.24) is 0 Å². The lowest BCUT2D eigenvalue weighted by Crippen LogP contribution is -2.26. The van der Waals surface area contributed by atoms with Gasteiger partial charge in [-0.2, -0.15) is 0 Å². The molecule has 0 fully saturated rings. The molecule has 0 heterocycles. The monoisotopic (exact) mass is 255 g/mol. The van der Waals surface area contributed by atoms with E-state index in [9.17, 15) is 8.42 Å². The zero-order valence-corrected chi connectivity index (χ0v) is 11.5. The van der Waals surface area contributed by atoms with E-state index in [0.29, 0.717) is 4.90 Å². The second-order valence-corrected chi connectivity index (χ2v) is 6.60. The molecule has 2 atom stereocenters. The third kappa shape index (κ3) is 3.82. The molecule has 0 amide bonds. The van der Waals surface area contributed by atoms with Crippen molar-refractivity contribution >= 4 is 9.84 Å². The minimum atomic E-state index is -3.11. The first-order valence-corrected chi connectivity index (χ1v) is 7.81. The van der Waals surface area contributed by atoms with E-state index < -0.39 is 9.84 Å². The maximum atomic E-state index is 11.3. The van der Waals surface area contributed by atoms with Gasteiger partial charge in [0.15, 0.2) is 9.84 Å². The third-order valence-corrected chi connectivity index (χ3v) is 4.23. The van der Waals surface area contributed by atoms with Crippen LogP contribution in [0, 0.1) is 0 Å². The second-order valence-electron chi connectivity index (χ2n) is 4.58. The van der Waals surface area contributed by atoms with Crippen LogP contribution in [-0.2, 0) is 9.84 Å². The fourth-order valence-electron chi connectivity index (χ4n) is 1.85. The molecule has 1 rings (SSSR count). The van der Waals surface area contributed by atoms with Crippen LogP contribution in [0.2, 0.25) is 0 Å². The third-order valence-electron chi connectivity index (χ3n) is 3.10. The van der Waals surface area contributed by atoms with Crippen LogP contribution in [-0.4, -0.2) is 20.7 Å². The summed E-state index contributed by atoms with van der Waals surface area (Å²) in [6.45, 7) is 4.19. The lowest BCUT2D eigenvalue weighted by atomic mass is 9.91. The molecule has 0 aromatic heterocycles. The SMILES string of the molecule is CCCC(N)C(C)c1ccc(S(C)(=O)=O)cc1. The van der Waals surface area contributed by atoms with Crippen molar-refractivity contribution in [3.63, 3.8) is 0 Å². The van der Waals surface area contributed by atoms with Crippen molar-refractivity contribution in [2.45, 2.75) is 43.5 Å². The average molecular weight is 255 g/mol. The van der Waals surface area contributed by atoms with E-state index in [4.69, 9.17) is 5.73 Å². The maximum absolute atomic E-state index is 11.3. The maximum Gasteiger partial charge on any atom is 0.175 e. The molecule has 2 unspecified atom stereocenters. The summed E-state index contributed by atoms with van der Waals surface area (Å²) >= 11 is 0. The molecule has 0 aliphatic carbocycles. The molecule has 1 aromatic rings. The zero-order chi connectivity index (χ0) is 13.1. The smallest absolute Gasteiger partial charge is 0.175 e. The summed E-state index contributed by atoms with van der Waals surface area (Å²) < 4.78 is 22.7. The van der Waals surface area contributed by atoms with E-state index in [1.807, 2.05) is 12.1 Å². The Bertz CT molecular complexity index is 451. The molecular formula is C13H21NO2S. The largest absolute Gasteiger partial charge is 0.327 e. The Hall–Kier alpha value is -0.870. The average Bonchev–Trinajstić information content (AvgIpc) is 2.27. The summed E-state index contributed by atoms with van der Waals surface area (Å²) in [5.41, 5.74) is 7.16. The molecule has 96 valence electrons. The number of benzene rings is 1. The highest BCUT2D eigenvalue weighted by atomic mass is 32.2. The summed E-state index contributed by atoms with van der Waals surface area (Å²) in [5.74, 6) is 0.253. The van der Waals surface area contributed by atoms with Crippen LogP contribution >= 0.6 is 0 Å². The van der Waals surface area contributed by atoms with Crippen molar-refractivity contribution in [1.29, 1.82) is 0 Å². The summed E-state index contributed by atoms with van der Waals surface area (Å²) in [7, 11) is -3.11. The van der Waals surface area contributed by atoms with Crippen molar-refractivity contribution in [2.24, 2.45) is 5.73 Å². The Morgan fingerprint density at radius 3 is 2.18 bits per heavy atom. The standard InChI is InChI=1S/C13H21NO2S/c1-4-5-13(14)10(2)11-6-8-12(9-7-11)17(3,15)16/h6-10,13H,4-5,14H2,1-3H3. The van der Waals surface area contributed by atoms with Crippen LogP contribution in [0.25, 0.3) is 0 Å². The molecule has 4 heteroatoms. The quantitative estimate of drug-likeness (QED) is 0.878. The predicted octanol–water partition coefficient (Wildman–Crippen LogP) is 2.32. The molecule has 0 aliphatic rings. The normalized spacial score (nSPS) is 15.5. The Morgan fingerprint density at radius 1 is 1.24 bits per heavy atom. The van der Waals surface area contributed by atoms with Gasteiger partial charge in [0.25, 0.3) is 0 Å². The van der Waals surface area contributed by atoms with Crippen molar-refractivity contribution < 1.29 is 8.42 Å². The molecule has 0 spiro atoms. The van der Waals surface area contributed by atoms with Gasteiger partial charge in [-0.05, 0) is 30.0 Å². The lowest BCUT2D eigenvalue weighted by molar-refractivity contribution is 0.522. The Morgan fingerprint density at radius 2 is 1.76 bits per heavy atom. The highest BCUT2D eigenvalue weighted by molar-refractivity contribution is 7.90. The van der Waals surface area contributed by atoms with Crippen LogP contribution in [0.5, 0.6) is 0 Å². The summed E-state index contributed by atoms with van der Waals surface area (Å²) in [6, 6.07) is 7.15. The zero-order valence-electron chi connectivity index (χ0n) is 10.7. The molecule has 0 saturated heterocycles. The fourth-order valence-corrected chi connectivity index (χ4v) is 2.48. The van der Waals surface area contributed by atoms with E-state index in [-0.39, 0.29) is 12.0 Å². The van der Waals surface area contributed by atoms with Gasteiger partial charge in [0.1, 0.15) is 0 Å². The Labute approximate surface area is 104 Å². The first-order chi connectivity index (χ1) is 7.86. The lowest BCUT2D eigenvalue weighted by Gasteiger charge is -2.19. The van der Waals surface area contributed by atoms with Gasteiger partial charge in [-0.15, -0.1) is 0 Å². The van der Waals surface area contributed by atoms with E-state index in [2.05, 4.69) is 13.8 Å². The van der Waals surface area contributed by atoms with Gasteiger partial charge in [0.05, 0.1) is 4.90 Å². The number of rotatable bonds is 5. The summed E-state index contributed by atoms with van der Waals surface area (Å²) in [4.78, 5) is 0.359. The Kier molecular flexibility index (Phi) is 4.71. The number of sulfone groups is 1. The van der Waals surface area contributed by atoms with Crippen LogP contribution in [0.3, 0.4) is 0 Å². The second kappa shape index (κ2) is 5.65. The van der Waals surface area contributed by atoms with Gasteiger partial charge in [-0.1, -0.05) is 32.4 Å². The van der Waals surface area contributed by atoms with E-state index in [0.717, 1.165) is 18.4 Å². The molecule has 1 aromatic carbocycles. The van der Waals surface area contributed by atoms with Crippen LogP contribution in [0.15, 0.2) is 29.2 Å². The summed E-state index contributed by atoms with van der Waals surface area (Å²) in [6.07, 6.45) is 3.26. The number of hydrogen-bond acceptors (Lipinski definition) is 3. The fraction of sp³-hybridized carbons (Fsp3) is 0.538. The van der Waals surface area contributed by atoms with Crippen LogP contribution < -0.4 is 5.73 Å². The van der Waals surface area contributed by atoms with Gasteiger partial charge in [0.2, 0.25) is 0 Å². The number of hydrogen-bond donors (Lipinski definition) is 1. The van der Waals surface area contributed by atoms with E-state index in [1.54, 1.807) is 12.1 Å². The van der Waals surface area contributed by atoms with Crippen molar-refractivity contribution in [3.05, 3.63) is 29.8 Å². The predicted molar refractivity (Wildman–Crippen MR) is 70.9 cm³/mol. The Balaban J connectivity index is 2.88. The van der Waals surface area contributed by atoms with Gasteiger partial charge >= 0.3 is 0 Å². The highest BCUT2D eigenvalue weighted by Gasteiger charge is 2.15. The number of nitrogens with two attached hydrogens (primary N) is 1. The van der Waals surface area contributed by atoms with Crippen LogP contribution in [0.4, 0.5) is 0 Å². The molecule has 17 heavy (non-hydrogen) atoms. The van der Waals surface area contributed by atoms with Crippen molar-refractivity contribution in [3.8, 4) is 0 Å². The van der Waals surface area contributed by atoms with Gasteiger partial charge < -0.3 is 5.73 Å². The minimum absolute atomic E-state index is 0.129. The van der Waals surface area contributed by atoms with Gasteiger partial charge in [0, 0.05) is 12.3 Å². The molecule has 3 nitrogen and oxygen atoms in total. The molecule has 0 radical (unpaired) electrons. The molecule has 0 bridgehead atoms. The molecule has 0 saturated carbocycles. The van der Waals surface area contributed by atoms with E-state index in [1.165, 1.54) is 6.26 Å². The van der Waals surface area contributed by atoms with Crippen molar-refractivity contribution in [2.75, 3.05) is 6.26 Å². The first-order valence-electron chi connectivity index (χ1n) is 5.92. The van der Waals surface area contributed by atoms with Gasteiger partial charge in [-0.25, -0.2) is 8.42 Å². The molecule has 0 aliphatic heterocycles. The summed E-state index contributed by atoms with van der Waals surface area (Å²) in [5, 5.41) is 0. The van der Waals surface area contributed by atoms with E-state index >= 15 is 0 Å². The van der Waals surface area contributed by atoms with Crippen LogP contribution in [0.1, 0.15) is 38.2 Å².